The van der Waals surface area contributed by atoms with Crippen LogP contribution < -0.4 is 5.73 Å². The summed E-state index contributed by atoms with van der Waals surface area (Å²) in [5, 5.41) is 0. The molecule has 0 aliphatic carbocycles. The topological polar surface area (TPSA) is 64.8 Å². The maximum atomic E-state index is 11.7. The third-order valence-corrected chi connectivity index (χ3v) is 3.85. The number of amides is 1. The van der Waals surface area contributed by atoms with Crippen LogP contribution in [0.2, 0.25) is 0 Å². The van der Waals surface area contributed by atoms with Gasteiger partial charge in [-0.15, -0.1) is 0 Å². The smallest absolute Gasteiger partial charge is 0.236 e. The molecule has 5 heteroatoms. The average molecular weight is 242 g/mol. The van der Waals surface area contributed by atoms with E-state index in [1.807, 2.05) is 4.90 Å². The molecule has 2 fully saturated rings. The first-order valence-electron chi connectivity index (χ1n) is 6.34. The molecule has 0 saturated carbocycles. The van der Waals surface area contributed by atoms with Crippen LogP contribution in [0.1, 0.15) is 25.7 Å². The van der Waals surface area contributed by atoms with E-state index < -0.39 is 0 Å². The number of piperidine rings is 1. The Hall–Kier alpha value is -0.650. The summed E-state index contributed by atoms with van der Waals surface area (Å²) >= 11 is 0. The molecule has 0 aromatic heterocycles. The second-order valence-electron chi connectivity index (χ2n) is 5.00. The number of ether oxygens (including phenoxy) is 2. The van der Waals surface area contributed by atoms with Crippen LogP contribution in [0.3, 0.4) is 0 Å². The lowest BCUT2D eigenvalue weighted by Crippen LogP contribution is -2.56. The predicted octanol–water partition coefficient (Wildman–Crippen LogP) is 0.132. The van der Waals surface area contributed by atoms with E-state index in [9.17, 15) is 4.79 Å². The molecule has 17 heavy (non-hydrogen) atoms. The van der Waals surface area contributed by atoms with Crippen LogP contribution in [0.15, 0.2) is 0 Å². The summed E-state index contributed by atoms with van der Waals surface area (Å²) in [6.07, 6.45) is 4.10. The minimum Gasteiger partial charge on any atom is -0.381 e. The van der Waals surface area contributed by atoms with Crippen molar-refractivity contribution in [2.24, 2.45) is 5.73 Å². The van der Waals surface area contributed by atoms with Gasteiger partial charge in [0.2, 0.25) is 5.91 Å². The summed E-state index contributed by atoms with van der Waals surface area (Å²) in [6.45, 7) is 2.29. The van der Waals surface area contributed by atoms with Gasteiger partial charge in [0.1, 0.15) is 0 Å². The van der Waals surface area contributed by atoms with Gasteiger partial charge in [-0.2, -0.15) is 0 Å². The van der Waals surface area contributed by atoms with E-state index in [1.165, 1.54) is 0 Å². The minimum absolute atomic E-state index is 0.0206. The number of likely N-dealkylation sites (tertiary alicyclic amines) is 1. The van der Waals surface area contributed by atoms with E-state index in [1.54, 1.807) is 7.11 Å². The van der Waals surface area contributed by atoms with E-state index in [2.05, 4.69) is 0 Å². The molecular formula is C12H22N2O3. The number of hydrogen-bond donors (Lipinski definition) is 1. The van der Waals surface area contributed by atoms with Crippen molar-refractivity contribution in [2.75, 3.05) is 33.4 Å². The quantitative estimate of drug-likeness (QED) is 0.747. The average Bonchev–Trinajstić information content (AvgIpc) is 2.38. The van der Waals surface area contributed by atoms with Gasteiger partial charge in [-0.1, -0.05) is 0 Å². The molecule has 5 nitrogen and oxygen atoms in total. The fourth-order valence-corrected chi connectivity index (χ4v) is 2.91. The molecule has 2 aliphatic heterocycles. The van der Waals surface area contributed by atoms with Gasteiger partial charge in [0.05, 0.1) is 18.2 Å². The summed E-state index contributed by atoms with van der Waals surface area (Å²) in [5.41, 5.74) is 5.23. The molecule has 0 unspecified atom stereocenters. The summed E-state index contributed by atoms with van der Waals surface area (Å²) < 4.78 is 11.4. The standard InChI is InChI=1S/C12H22N2O3/c1-16-10-3-6-17-12(7-10)4-2-5-14(9-12)11(15)8-13/h10H,2-9,13H2,1H3/t10-,12+/m0/s1. The van der Waals surface area contributed by atoms with Gasteiger partial charge in [-0.05, 0) is 19.3 Å². The first kappa shape index (κ1) is 12.8. The first-order chi connectivity index (χ1) is 8.19. The van der Waals surface area contributed by atoms with E-state index in [0.717, 1.165) is 38.8 Å². The Morgan fingerprint density at radius 3 is 3.18 bits per heavy atom. The number of hydrogen-bond acceptors (Lipinski definition) is 4. The van der Waals surface area contributed by atoms with E-state index >= 15 is 0 Å². The molecule has 0 aromatic rings. The molecule has 0 radical (unpaired) electrons. The zero-order valence-corrected chi connectivity index (χ0v) is 10.5. The Labute approximate surface area is 102 Å². The second-order valence-corrected chi connectivity index (χ2v) is 5.00. The molecular weight excluding hydrogens is 220 g/mol. The normalized spacial score (nSPS) is 34.0. The molecule has 2 rings (SSSR count). The fourth-order valence-electron chi connectivity index (χ4n) is 2.91. The summed E-state index contributed by atoms with van der Waals surface area (Å²) in [5.74, 6) is 0.0206. The van der Waals surface area contributed by atoms with E-state index in [0.29, 0.717) is 6.54 Å². The third-order valence-electron chi connectivity index (χ3n) is 3.85. The van der Waals surface area contributed by atoms with Crippen molar-refractivity contribution in [3.05, 3.63) is 0 Å². The fraction of sp³-hybridized carbons (Fsp3) is 0.917. The Morgan fingerprint density at radius 2 is 2.47 bits per heavy atom. The van der Waals surface area contributed by atoms with Crippen LogP contribution in [-0.2, 0) is 14.3 Å². The van der Waals surface area contributed by atoms with Crippen LogP contribution >= 0.6 is 0 Å². The number of nitrogens with zero attached hydrogens (tertiary/aromatic N) is 1. The highest BCUT2D eigenvalue weighted by Gasteiger charge is 2.42. The Morgan fingerprint density at radius 1 is 1.65 bits per heavy atom. The van der Waals surface area contributed by atoms with E-state index in [-0.39, 0.29) is 24.2 Å². The van der Waals surface area contributed by atoms with Crippen LogP contribution in [0.5, 0.6) is 0 Å². The zero-order valence-electron chi connectivity index (χ0n) is 10.5. The van der Waals surface area contributed by atoms with Crippen molar-refractivity contribution in [1.82, 2.24) is 4.90 Å². The largest absolute Gasteiger partial charge is 0.381 e. The molecule has 1 amide bonds. The Balaban J connectivity index is 2.01. The Bertz CT molecular complexity index is 281. The van der Waals surface area contributed by atoms with Gasteiger partial charge >= 0.3 is 0 Å². The molecule has 2 N–H and O–H groups in total. The maximum absolute atomic E-state index is 11.7. The van der Waals surface area contributed by atoms with Crippen molar-refractivity contribution in [3.8, 4) is 0 Å². The van der Waals surface area contributed by atoms with Gasteiger partial charge in [0.25, 0.3) is 0 Å². The molecule has 2 aliphatic rings. The Kier molecular flexibility index (Phi) is 4.01. The maximum Gasteiger partial charge on any atom is 0.236 e. The number of rotatable bonds is 2. The van der Waals surface area contributed by atoms with E-state index in [4.69, 9.17) is 15.2 Å². The third kappa shape index (κ3) is 2.78. The van der Waals surface area contributed by atoms with Gasteiger partial charge < -0.3 is 20.1 Å². The van der Waals surface area contributed by atoms with Crippen molar-refractivity contribution in [2.45, 2.75) is 37.4 Å². The van der Waals surface area contributed by atoms with Gasteiger partial charge in [-0.3, -0.25) is 4.79 Å². The van der Waals surface area contributed by atoms with Crippen molar-refractivity contribution in [1.29, 1.82) is 0 Å². The molecule has 2 heterocycles. The van der Waals surface area contributed by atoms with Crippen LogP contribution in [0.25, 0.3) is 0 Å². The molecule has 1 spiro atoms. The minimum atomic E-state index is -0.192. The summed E-state index contributed by atoms with van der Waals surface area (Å²) in [6, 6.07) is 0. The number of carbonyl (C=O) groups excluding carboxylic acids is 1. The van der Waals surface area contributed by atoms with Gasteiger partial charge in [-0.25, -0.2) is 0 Å². The number of nitrogens with two attached hydrogens (primary N) is 1. The van der Waals surface area contributed by atoms with Crippen LogP contribution in [0, 0.1) is 0 Å². The van der Waals surface area contributed by atoms with Gasteiger partial charge in [0, 0.05) is 33.2 Å². The summed E-state index contributed by atoms with van der Waals surface area (Å²) in [7, 11) is 1.75. The molecule has 98 valence electrons. The lowest BCUT2D eigenvalue weighted by molar-refractivity contribution is -0.163. The molecule has 0 aromatic carbocycles. The molecule has 0 bridgehead atoms. The van der Waals surface area contributed by atoms with Crippen molar-refractivity contribution >= 4 is 5.91 Å². The van der Waals surface area contributed by atoms with Gasteiger partial charge in [0.15, 0.2) is 0 Å². The summed E-state index contributed by atoms with van der Waals surface area (Å²) in [4.78, 5) is 13.5. The van der Waals surface area contributed by atoms with Crippen LogP contribution in [-0.4, -0.2) is 55.9 Å². The van der Waals surface area contributed by atoms with Crippen LogP contribution in [0.4, 0.5) is 0 Å². The highest BCUT2D eigenvalue weighted by atomic mass is 16.5. The monoisotopic (exact) mass is 242 g/mol. The molecule has 2 atom stereocenters. The number of carbonyl (C=O) groups is 1. The first-order valence-corrected chi connectivity index (χ1v) is 6.34. The lowest BCUT2D eigenvalue weighted by Gasteiger charge is -2.46. The highest BCUT2D eigenvalue weighted by molar-refractivity contribution is 5.78. The second kappa shape index (κ2) is 5.33. The predicted molar refractivity (Wildman–Crippen MR) is 63.6 cm³/mol. The SMILES string of the molecule is CO[C@H]1CCO[C@]2(CCCN(C(=O)CN)C2)C1. The lowest BCUT2D eigenvalue weighted by atomic mass is 9.84. The van der Waals surface area contributed by atoms with Crippen molar-refractivity contribution < 1.29 is 14.3 Å². The van der Waals surface area contributed by atoms with Crippen molar-refractivity contribution in [3.63, 3.8) is 0 Å². The highest BCUT2D eigenvalue weighted by Crippen LogP contribution is 2.34. The molecule has 2 saturated heterocycles. The number of methoxy groups -OCH3 is 1. The zero-order chi connectivity index (χ0) is 12.3.